The van der Waals surface area contributed by atoms with E-state index in [4.69, 9.17) is 28.6 Å². The number of phosphoric ester groups is 4. The van der Waals surface area contributed by atoms with Gasteiger partial charge in [-0.2, -0.15) is 0 Å². The van der Waals surface area contributed by atoms with Crippen LogP contribution in [0, 0.1) is 11.8 Å². The average Bonchev–Trinajstić information content (AvgIpc) is 1.26. The van der Waals surface area contributed by atoms with Crippen molar-refractivity contribution >= 4 is 98.4 Å². The number of phosphoric acid groups is 6. The summed E-state index contributed by atoms with van der Waals surface area (Å²) in [6.07, 6.45) is -6.63. The molecule has 24 atom stereocenters. The lowest BCUT2D eigenvalue weighted by Crippen LogP contribution is -2.29. The lowest BCUT2D eigenvalue weighted by Gasteiger charge is -2.35. The number of nitrogens with one attached hydrogen (secondary N) is 1. The van der Waals surface area contributed by atoms with Gasteiger partial charge >= 0.3 is 0 Å². The summed E-state index contributed by atoms with van der Waals surface area (Å²) in [5.41, 5.74) is 0. The third-order valence-electron chi connectivity index (χ3n) is 11.0. The monoisotopic (exact) mass is 1650 g/mol. The molecule has 0 aromatic rings. The molecule has 0 saturated carbocycles. The highest BCUT2D eigenvalue weighted by Gasteiger charge is 2.38. The normalized spacial score (nSPS) is 31.2. The van der Waals surface area contributed by atoms with E-state index >= 15 is 0 Å². The van der Waals surface area contributed by atoms with Crippen molar-refractivity contribution in [2.24, 2.45) is 0 Å². The van der Waals surface area contributed by atoms with Crippen molar-refractivity contribution in [3.05, 3.63) is 0 Å². The van der Waals surface area contributed by atoms with E-state index in [1.54, 1.807) is 34.6 Å². The maximum Gasteiger partial charge on any atom is 0.280 e. The summed E-state index contributed by atoms with van der Waals surface area (Å²) >= 11 is 0. The Morgan fingerprint density at radius 2 is 0.732 bits per heavy atom. The van der Waals surface area contributed by atoms with Crippen LogP contribution in [-0.2, 0) is 136 Å². The Morgan fingerprint density at radius 3 is 1.01 bits per heavy atom. The largest absolute Gasteiger partial charge is 0.778 e. The van der Waals surface area contributed by atoms with Gasteiger partial charge < -0.3 is 167 Å². The van der Waals surface area contributed by atoms with Crippen LogP contribution in [0.5, 0.6) is 0 Å². The minimum Gasteiger partial charge on any atom is -0.778 e. The molecule has 4 fully saturated rings. The zero-order chi connectivity index (χ0) is 75.1. The van der Waals surface area contributed by atoms with Gasteiger partial charge in [-0.25, -0.2) is 8.62 Å². The van der Waals surface area contributed by atoms with Crippen LogP contribution in [0.3, 0.4) is 0 Å². The van der Waals surface area contributed by atoms with E-state index in [2.05, 4.69) is 70.4 Å². The molecule has 580 valence electrons. The smallest absolute Gasteiger partial charge is 0.280 e. The van der Waals surface area contributed by atoms with Crippen LogP contribution >= 0.6 is 92.5 Å². The van der Waals surface area contributed by atoms with Gasteiger partial charge in [0.1, 0.15) is 47.2 Å². The Balaban J connectivity index is 0. The van der Waals surface area contributed by atoms with Crippen molar-refractivity contribution < 1.29 is 215 Å². The molecule has 4 saturated heterocycles. The van der Waals surface area contributed by atoms with Crippen LogP contribution in [0.15, 0.2) is 0 Å². The summed E-state index contributed by atoms with van der Waals surface area (Å²) in [7, 11) is -60.0. The zero-order valence-corrected chi connectivity index (χ0v) is 62.4. The molecule has 4 heterocycles. The van der Waals surface area contributed by atoms with Crippen LogP contribution in [-0.4, -0.2) is 178 Å². The van der Waals surface area contributed by atoms with Gasteiger partial charge in [0.25, 0.3) is 46.9 Å². The van der Waals surface area contributed by atoms with E-state index in [9.17, 15) is 134 Å². The molecule has 0 aliphatic carbocycles. The molecule has 1 amide bonds. The standard InChI is InChI=1S/C8H19O12P3.2C8H19O11P3.C7H17O11P3.C6H9NO.CH4/c1-6-4-7(15-2)8(18-6)5-17-22(11,12)20-23(13,14)19-21(9,10)16-3;2*1-6-3-7(9)8(18-6)4-17-20(10,11)5-21(12,13)19-22(14,15)16-2;1-5-2-6(8)7(17-5)3-16-19(9,10)4-20(11,12)18-21(13,14)15;1-3-4-5-7-6(2)8;/h6-8H,4-5H2,1-3H3,(H,9,10)(H,11,12)(H,13,14);2*6-9H,3-5H2,1-2H3,(H,10,11)(H,12,13)(H,14,15);5-8H,2-4H2,1H3,(H,9,10)(H,11,12)(H2,13,14,15);5H2,1-2H3,(H,7,8);1H4/p-12/t3*6-,7?,8+;5-,6?,7+;;/m0000../s1. The second-order valence-corrected chi connectivity index (χ2v) is 41.2. The summed E-state index contributed by atoms with van der Waals surface area (Å²) in [4.78, 5) is 152. The SMILES string of the molecule is C.CC#CCNC(C)=O.COC1C[C@H](C)O[C@@H]1COP(=O)([O-])OP(=O)([O-])OP(=O)([O-])OC.COP(=O)([O-])OP(=O)([O-])CP(=O)([O-])OC[C@H]1O[C@@H](C)CC1O.COP(=O)([O-])OP(=O)([O-])CP(=O)([O-])OC[C@H]1O[C@@H](C)CC1O.C[C@H]1CC(O)[C@@H](COP(=O)([O-])CP(=O)([O-])OP(=O)([O-])O)O1. The third kappa shape index (κ3) is 46.2. The van der Waals surface area contributed by atoms with Crippen LogP contribution in [0.4, 0.5) is 0 Å². The van der Waals surface area contributed by atoms with Gasteiger partial charge in [0.2, 0.25) is 5.91 Å². The minimum absolute atomic E-state index is 0. The molecule has 0 aromatic heterocycles. The molecule has 4 rings (SSSR count). The van der Waals surface area contributed by atoms with Crippen molar-refractivity contribution in [3.8, 4) is 11.8 Å². The number of methoxy groups -OCH3 is 1. The zero-order valence-electron chi connectivity index (χ0n) is 51.7. The molecule has 4 aliphatic rings. The summed E-state index contributed by atoms with van der Waals surface area (Å²) in [5, 5.41) is 31.1. The highest BCUT2D eigenvalue weighted by Crippen LogP contribution is 2.65. The number of carbonyl (C=O) groups excluding carboxylic acids is 1. The fourth-order valence-electron chi connectivity index (χ4n) is 7.24. The molecule has 0 radical (unpaired) electrons. The maximum absolute atomic E-state index is 11.5. The van der Waals surface area contributed by atoms with Crippen LogP contribution in [0.2, 0.25) is 0 Å². The molecule has 0 aromatic carbocycles. The first kappa shape index (κ1) is 99.5. The number of hydrogen-bond acceptors (Lipinski definition) is 45. The number of aliphatic hydroxyl groups is 3. The first-order valence-electron chi connectivity index (χ1n) is 26.2. The van der Waals surface area contributed by atoms with Gasteiger partial charge in [0.05, 0.1) is 99.5 Å². The van der Waals surface area contributed by atoms with Crippen LogP contribution in [0.25, 0.3) is 0 Å². The molecule has 47 nitrogen and oxygen atoms in total. The lowest BCUT2D eigenvalue weighted by molar-refractivity contribution is -0.252. The number of amides is 1. The molecule has 97 heavy (non-hydrogen) atoms. The summed E-state index contributed by atoms with van der Waals surface area (Å²) in [6, 6.07) is 0. The second-order valence-electron chi connectivity index (χ2n) is 19.6. The van der Waals surface area contributed by atoms with E-state index in [0.29, 0.717) is 34.3 Å². The molecule has 4 aliphatic heterocycles. The van der Waals surface area contributed by atoms with Crippen molar-refractivity contribution in [2.45, 2.75) is 148 Å². The fourth-order valence-corrected chi connectivity index (χ4v) is 23.8. The molecule has 0 spiro atoms. The maximum atomic E-state index is 11.5. The molecule has 16 unspecified atom stereocenters. The topological polar surface area (TPSA) is 748 Å². The van der Waals surface area contributed by atoms with E-state index in [-0.39, 0.29) is 57.0 Å². The summed E-state index contributed by atoms with van der Waals surface area (Å²) in [6.45, 7) is 7.99. The lowest BCUT2D eigenvalue weighted by atomic mass is 10.1. The van der Waals surface area contributed by atoms with Gasteiger partial charge in [-0.1, -0.05) is 13.3 Å². The van der Waals surface area contributed by atoms with Gasteiger partial charge in [-0.05, 0) is 34.6 Å². The van der Waals surface area contributed by atoms with Crippen LogP contribution in [0.1, 0.15) is 74.7 Å². The quantitative estimate of drug-likeness (QED) is 0.0306. The number of rotatable bonds is 33. The number of ether oxygens (including phenoxy) is 5. The summed E-state index contributed by atoms with van der Waals surface area (Å²) in [5.74, 6) is 0.217. The molecular formula is C38H75NO46P12-12. The Bertz CT molecular complexity index is 3030. The van der Waals surface area contributed by atoms with Gasteiger partial charge in [-0.15, -0.1) is 5.92 Å². The molecule has 59 heteroatoms. The molecule has 0 bridgehead atoms. The minimum atomic E-state index is -5.77. The van der Waals surface area contributed by atoms with Gasteiger partial charge in [-0.3, -0.25) is 45.1 Å². The highest BCUT2D eigenvalue weighted by atomic mass is 31.3. The highest BCUT2D eigenvalue weighted by molar-refractivity contribution is 7.74. The molecule has 5 N–H and O–H groups in total. The Morgan fingerprint density at radius 1 is 0.443 bits per heavy atom. The first-order chi connectivity index (χ1) is 43.2. The molecular weight excluding hydrogens is 1580 g/mol. The Hall–Kier alpha value is 0.470. The van der Waals surface area contributed by atoms with E-state index in [1.807, 2.05) is 0 Å². The van der Waals surface area contributed by atoms with Crippen molar-refractivity contribution in [1.82, 2.24) is 5.32 Å². The fraction of sp³-hybridized carbons (Fsp3) is 0.921. The predicted octanol–water partition coefficient (Wildman–Crippen LogP) is -4.38. The first-order valence-corrected chi connectivity index (χ1v) is 45.4. The Labute approximate surface area is 556 Å². The summed E-state index contributed by atoms with van der Waals surface area (Å²) < 4.78 is 206. The van der Waals surface area contributed by atoms with Crippen LogP contribution < -0.4 is 64.0 Å². The van der Waals surface area contributed by atoms with Gasteiger partial charge in [0.15, 0.2) is 22.8 Å². The third-order valence-corrected chi connectivity index (χ3v) is 31.4. The number of carbonyl (C=O) groups is 1. The van der Waals surface area contributed by atoms with Gasteiger partial charge in [0, 0.05) is 61.0 Å². The average molecular weight is 1650 g/mol. The van der Waals surface area contributed by atoms with E-state index in [1.165, 1.54) is 14.0 Å². The van der Waals surface area contributed by atoms with Crippen molar-refractivity contribution in [1.29, 1.82) is 0 Å². The predicted molar refractivity (Wildman–Crippen MR) is 302 cm³/mol. The number of aliphatic hydroxyl groups excluding tert-OH is 3. The van der Waals surface area contributed by atoms with Crippen molar-refractivity contribution in [2.75, 3.05) is 79.1 Å². The van der Waals surface area contributed by atoms with E-state index < -0.39 is 185 Å². The number of hydrogen-bond donors (Lipinski definition) is 5. The Kier molecular flexibility index (Phi) is 43.8. The second kappa shape index (κ2) is 42.7. The van der Waals surface area contributed by atoms with E-state index in [0.717, 1.165) is 0 Å². The van der Waals surface area contributed by atoms with Crippen molar-refractivity contribution in [3.63, 3.8) is 0 Å².